The summed E-state index contributed by atoms with van der Waals surface area (Å²) in [6.45, 7) is 2.89. The highest BCUT2D eigenvalue weighted by atomic mass is 35.5. The van der Waals surface area contributed by atoms with Crippen molar-refractivity contribution in [2.75, 3.05) is 19.6 Å². The van der Waals surface area contributed by atoms with Crippen LogP contribution in [0.25, 0.3) is 11.5 Å². The Bertz CT molecular complexity index is 663. The largest absolute Gasteiger partial charge is 0.444 e. The summed E-state index contributed by atoms with van der Waals surface area (Å²) < 4.78 is 5.45. The molecule has 0 bridgehead atoms. The molecule has 1 aliphatic rings. The number of nitrogens with zero attached hydrogens (tertiary/aromatic N) is 1. The summed E-state index contributed by atoms with van der Waals surface area (Å²) in [5.74, 6) is 1.15. The van der Waals surface area contributed by atoms with Crippen molar-refractivity contribution < 1.29 is 9.21 Å². The summed E-state index contributed by atoms with van der Waals surface area (Å²) in [6.07, 6.45) is 5.27. The van der Waals surface area contributed by atoms with E-state index in [1.165, 1.54) is 19.1 Å². The van der Waals surface area contributed by atoms with E-state index in [9.17, 15) is 4.79 Å². The van der Waals surface area contributed by atoms with E-state index in [1.807, 2.05) is 12.1 Å². The third kappa shape index (κ3) is 4.82. The number of halogens is 1. The Hall–Kier alpha value is -1.85. The monoisotopic (exact) mass is 347 g/mol. The zero-order valence-electron chi connectivity index (χ0n) is 13.6. The lowest BCUT2D eigenvalue weighted by Gasteiger charge is -2.22. The highest BCUT2D eigenvalue weighted by molar-refractivity contribution is 6.30. The van der Waals surface area contributed by atoms with Crippen molar-refractivity contribution in [3.63, 3.8) is 0 Å². The predicted molar refractivity (Wildman–Crippen MR) is 93.9 cm³/mol. The molecule has 1 unspecified atom stereocenters. The summed E-state index contributed by atoms with van der Waals surface area (Å²) in [6, 6.07) is 7.26. The van der Waals surface area contributed by atoms with E-state index in [0.717, 1.165) is 25.1 Å². The van der Waals surface area contributed by atoms with Gasteiger partial charge in [0.1, 0.15) is 6.26 Å². The van der Waals surface area contributed by atoms with Crippen LogP contribution in [0.4, 0.5) is 0 Å². The molecule has 0 aliphatic carbocycles. The van der Waals surface area contributed by atoms with Gasteiger partial charge in [0, 0.05) is 17.1 Å². The van der Waals surface area contributed by atoms with E-state index < -0.39 is 0 Å². The van der Waals surface area contributed by atoms with Crippen LogP contribution in [0.3, 0.4) is 0 Å². The van der Waals surface area contributed by atoms with Crippen molar-refractivity contribution in [3.05, 3.63) is 41.2 Å². The van der Waals surface area contributed by atoms with E-state index in [2.05, 4.69) is 15.6 Å². The van der Waals surface area contributed by atoms with E-state index in [0.29, 0.717) is 29.1 Å². The van der Waals surface area contributed by atoms with Gasteiger partial charge in [-0.1, -0.05) is 11.6 Å². The third-order valence-corrected chi connectivity index (χ3v) is 4.51. The number of benzene rings is 1. The fourth-order valence-corrected chi connectivity index (χ4v) is 3.05. The molecular weight excluding hydrogens is 326 g/mol. The molecule has 5 nitrogen and oxygen atoms in total. The highest BCUT2D eigenvalue weighted by Crippen LogP contribution is 2.21. The fraction of sp³-hybridized carbons (Fsp3) is 0.444. The lowest BCUT2D eigenvalue weighted by Crippen LogP contribution is -2.33. The number of nitrogens with one attached hydrogen (secondary N) is 2. The first-order valence-corrected chi connectivity index (χ1v) is 8.76. The molecule has 1 saturated heterocycles. The minimum atomic E-state index is -0.0188. The van der Waals surface area contributed by atoms with E-state index in [4.69, 9.17) is 16.0 Å². The van der Waals surface area contributed by atoms with Gasteiger partial charge in [0.15, 0.2) is 0 Å². The number of carbonyl (C=O) groups excluding carboxylic acids is 1. The topological polar surface area (TPSA) is 67.2 Å². The van der Waals surface area contributed by atoms with E-state index >= 15 is 0 Å². The Balaban J connectivity index is 1.45. The first-order chi connectivity index (χ1) is 11.7. The Labute approximate surface area is 146 Å². The number of carbonyl (C=O) groups is 1. The zero-order chi connectivity index (χ0) is 16.8. The van der Waals surface area contributed by atoms with Crippen molar-refractivity contribution >= 4 is 17.5 Å². The van der Waals surface area contributed by atoms with Crippen LogP contribution in [0.1, 0.15) is 25.0 Å². The van der Waals surface area contributed by atoms with Crippen LogP contribution in [-0.2, 0) is 11.2 Å². The molecule has 2 N–H and O–H groups in total. The molecule has 2 aromatic rings. The van der Waals surface area contributed by atoms with Gasteiger partial charge in [-0.3, -0.25) is 4.79 Å². The van der Waals surface area contributed by atoms with Gasteiger partial charge in [0.25, 0.3) is 0 Å². The molecule has 1 fully saturated rings. The average molecular weight is 348 g/mol. The molecule has 0 saturated carbocycles. The molecule has 24 heavy (non-hydrogen) atoms. The molecule has 0 spiro atoms. The quantitative estimate of drug-likeness (QED) is 0.842. The Morgan fingerprint density at radius 1 is 1.38 bits per heavy atom. The number of amides is 1. The predicted octanol–water partition coefficient (Wildman–Crippen LogP) is 3.04. The van der Waals surface area contributed by atoms with Gasteiger partial charge in [0.05, 0.1) is 12.1 Å². The standard InChI is InChI=1S/C18H22ClN3O2/c19-15-5-3-14(4-6-15)18-22-16(12-24-18)10-17(23)21-9-7-13-2-1-8-20-11-13/h3-6,12-13,20H,1-2,7-11H2,(H,21,23). The van der Waals surface area contributed by atoms with Crippen LogP contribution in [0.15, 0.2) is 34.9 Å². The lowest BCUT2D eigenvalue weighted by molar-refractivity contribution is -0.120. The Morgan fingerprint density at radius 3 is 2.96 bits per heavy atom. The lowest BCUT2D eigenvalue weighted by atomic mass is 9.96. The van der Waals surface area contributed by atoms with Gasteiger partial charge in [-0.05, 0) is 62.5 Å². The summed E-state index contributed by atoms with van der Waals surface area (Å²) in [4.78, 5) is 16.4. The van der Waals surface area contributed by atoms with Crippen LogP contribution in [0.5, 0.6) is 0 Å². The molecule has 1 aromatic carbocycles. The van der Waals surface area contributed by atoms with Crippen LogP contribution in [0, 0.1) is 5.92 Å². The summed E-state index contributed by atoms with van der Waals surface area (Å²) >= 11 is 5.87. The second-order valence-corrected chi connectivity index (χ2v) is 6.62. The molecule has 1 aromatic heterocycles. The number of hydrogen-bond acceptors (Lipinski definition) is 4. The maximum atomic E-state index is 12.0. The normalized spacial score (nSPS) is 17.6. The maximum Gasteiger partial charge on any atom is 0.226 e. The minimum Gasteiger partial charge on any atom is -0.444 e. The van der Waals surface area contributed by atoms with Crippen LogP contribution in [-0.4, -0.2) is 30.5 Å². The maximum absolute atomic E-state index is 12.0. The third-order valence-electron chi connectivity index (χ3n) is 4.26. The van der Waals surface area contributed by atoms with Crippen LogP contribution in [0.2, 0.25) is 5.02 Å². The first-order valence-electron chi connectivity index (χ1n) is 8.38. The first kappa shape index (κ1) is 17.0. The van der Waals surface area contributed by atoms with Gasteiger partial charge in [0.2, 0.25) is 11.8 Å². The molecule has 2 heterocycles. The minimum absolute atomic E-state index is 0.0188. The number of piperidine rings is 1. The molecule has 6 heteroatoms. The van der Waals surface area contributed by atoms with Crippen molar-refractivity contribution in [3.8, 4) is 11.5 Å². The SMILES string of the molecule is O=C(Cc1coc(-c2ccc(Cl)cc2)n1)NCCC1CCCNC1. The molecule has 1 aliphatic heterocycles. The second kappa shape index (κ2) is 8.31. The molecule has 1 amide bonds. The van der Waals surface area contributed by atoms with Crippen molar-refractivity contribution in [2.24, 2.45) is 5.92 Å². The zero-order valence-corrected chi connectivity index (χ0v) is 14.3. The number of aromatic nitrogens is 1. The van der Waals surface area contributed by atoms with Gasteiger partial charge in [-0.2, -0.15) is 0 Å². The number of rotatable bonds is 6. The van der Waals surface area contributed by atoms with Crippen LogP contribution < -0.4 is 10.6 Å². The molecule has 128 valence electrons. The highest BCUT2D eigenvalue weighted by Gasteiger charge is 2.14. The summed E-state index contributed by atoms with van der Waals surface area (Å²) in [5, 5.41) is 7.03. The molecule has 3 rings (SSSR count). The van der Waals surface area contributed by atoms with E-state index in [1.54, 1.807) is 12.1 Å². The smallest absolute Gasteiger partial charge is 0.226 e. The second-order valence-electron chi connectivity index (χ2n) is 6.18. The number of oxazole rings is 1. The van der Waals surface area contributed by atoms with Gasteiger partial charge in [-0.25, -0.2) is 4.98 Å². The fourth-order valence-electron chi connectivity index (χ4n) is 2.93. The number of hydrogen-bond donors (Lipinski definition) is 2. The van der Waals surface area contributed by atoms with Crippen LogP contribution >= 0.6 is 11.6 Å². The molecule has 1 atom stereocenters. The molecular formula is C18H22ClN3O2. The van der Waals surface area contributed by atoms with Crippen molar-refractivity contribution in [1.29, 1.82) is 0 Å². The average Bonchev–Trinajstić information content (AvgIpc) is 3.05. The van der Waals surface area contributed by atoms with Gasteiger partial charge < -0.3 is 15.1 Å². The Morgan fingerprint density at radius 2 is 2.21 bits per heavy atom. The van der Waals surface area contributed by atoms with Gasteiger partial charge >= 0.3 is 0 Å². The summed E-state index contributed by atoms with van der Waals surface area (Å²) in [5.41, 5.74) is 1.48. The van der Waals surface area contributed by atoms with E-state index in [-0.39, 0.29) is 12.3 Å². The van der Waals surface area contributed by atoms with Crippen molar-refractivity contribution in [2.45, 2.75) is 25.7 Å². The summed E-state index contributed by atoms with van der Waals surface area (Å²) in [7, 11) is 0. The Kier molecular flexibility index (Phi) is 5.88. The van der Waals surface area contributed by atoms with Gasteiger partial charge in [-0.15, -0.1) is 0 Å². The van der Waals surface area contributed by atoms with Crippen molar-refractivity contribution in [1.82, 2.24) is 15.6 Å². The molecule has 0 radical (unpaired) electrons.